The van der Waals surface area contributed by atoms with Crippen LogP contribution in [0, 0.1) is 0 Å². The molecule has 0 atom stereocenters. The number of rotatable bonds is 8. The topological polar surface area (TPSA) is 54.7 Å². The Bertz CT molecular complexity index is 1110. The molecule has 0 N–H and O–H groups in total. The van der Waals surface area contributed by atoms with Crippen molar-refractivity contribution in [2.75, 3.05) is 14.1 Å². The lowest BCUT2D eigenvalue weighted by Gasteiger charge is -2.13. The molecular formula is C22H27N3O2S2. The van der Waals surface area contributed by atoms with E-state index in [9.17, 15) is 8.42 Å². The predicted octanol–water partition coefficient (Wildman–Crippen LogP) is 4.89. The summed E-state index contributed by atoms with van der Waals surface area (Å²) in [5.74, 6) is 0. The minimum atomic E-state index is -3.48. The molecular weight excluding hydrogens is 402 g/mol. The van der Waals surface area contributed by atoms with Crippen LogP contribution in [0.3, 0.4) is 0 Å². The quantitative estimate of drug-likeness (QED) is 0.479. The third kappa shape index (κ3) is 5.04. The minimum absolute atomic E-state index is 0.299. The van der Waals surface area contributed by atoms with Crippen molar-refractivity contribution in [2.45, 2.75) is 37.6 Å². The van der Waals surface area contributed by atoms with Crippen molar-refractivity contribution in [3.63, 3.8) is 0 Å². The second-order valence-corrected chi connectivity index (χ2v) is 10.0. The van der Waals surface area contributed by atoms with Crippen LogP contribution in [0.15, 0.2) is 69.9 Å². The van der Waals surface area contributed by atoms with Gasteiger partial charge < -0.3 is 4.57 Å². The van der Waals surface area contributed by atoms with Crippen LogP contribution in [-0.4, -0.2) is 31.4 Å². The highest BCUT2D eigenvalue weighted by molar-refractivity contribution is 7.89. The zero-order valence-electron chi connectivity index (χ0n) is 17.1. The van der Waals surface area contributed by atoms with E-state index in [4.69, 9.17) is 4.99 Å². The van der Waals surface area contributed by atoms with Crippen molar-refractivity contribution in [2.24, 2.45) is 4.99 Å². The zero-order valence-corrected chi connectivity index (χ0v) is 18.7. The Morgan fingerprint density at radius 2 is 1.79 bits per heavy atom. The molecule has 3 rings (SSSR count). The maximum absolute atomic E-state index is 12.6. The lowest BCUT2D eigenvalue weighted by Crippen LogP contribution is -2.22. The van der Waals surface area contributed by atoms with Crippen LogP contribution in [-0.2, 0) is 16.6 Å². The monoisotopic (exact) mass is 429 g/mol. The van der Waals surface area contributed by atoms with Crippen molar-refractivity contribution in [1.29, 1.82) is 0 Å². The van der Waals surface area contributed by atoms with Gasteiger partial charge in [-0.05, 0) is 30.7 Å². The van der Waals surface area contributed by atoms with E-state index in [2.05, 4.69) is 16.9 Å². The molecule has 154 valence electrons. The highest BCUT2D eigenvalue weighted by Gasteiger charge is 2.18. The molecule has 0 spiro atoms. The third-order valence-corrected chi connectivity index (χ3v) is 7.35. The molecule has 0 aliphatic rings. The van der Waals surface area contributed by atoms with E-state index in [0.29, 0.717) is 4.90 Å². The molecule has 0 amide bonds. The first-order chi connectivity index (χ1) is 13.9. The molecule has 0 saturated carbocycles. The predicted molar refractivity (Wildman–Crippen MR) is 120 cm³/mol. The van der Waals surface area contributed by atoms with Gasteiger partial charge >= 0.3 is 0 Å². The Hall–Kier alpha value is -2.22. The first-order valence-electron chi connectivity index (χ1n) is 9.74. The van der Waals surface area contributed by atoms with Crippen LogP contribution in [0.1, 0.15) is 26.2 Å². The SMILES string of the molecule is CCCCCn1c(-c2cccc(S(=O)(=O)N(C)C)c2)csc1=Nc1ccccc1. The van der Waals surface area contributed by atoms with Crippen molar-refractivity contribution < 1.29 is 8.42 Å². The molecule has 29 heavy (non-hydrogen) atoms. The van der Waals surface area contributed by atoms with Crippen molar-refractivity contribution >= 4 is 27.0 Å². The Kier molecular flexibility index (Phi) is 7.05. The van der Waals surface area contributed by atoms with Gasteiger partial charge in [-0.3, -0.25) is 0 Å². The Balaban J connectivity index is 2.09. The third-order valence-electron chi connectivity index (χ3n) is 4.67. The molecule has 1 heterocycles. The maximum Gasteiger partial charge on any atom is 0.242 e. The smallest absolute Gasteiger partial charge is 0.242 e. The number of unbranched alkanes of at least 4 members (excludes halogenated alkanes) is 2. The average molecular weight is 430 g/mol. The molecule has 1 aromatic heterocycles. The number of thiazole rings is 1. The molecule has 0 bridgehead atoms. The van der Waals surface area contributed by atoms with Crippen LogP contribution in [0.4, 0.5) is 5.69 Å². The van der Waals surface area contributed by atoms with Gasteiger partial charge in [0.2, 0.25) is 10.0 Å². The number of hydrogen-bond donors (Lipinski definition) is 0. The van der Waals surface area contributed by atoms with E-state index in [1.165, 1.54) is 4.31 Å². The van der Waals surface area contributed by atoms with Gasteiger partial charge in [0.05, 0.1) is 16.3 Å². The van der Waals surface area contributed by atoms with Gasteiger partial charge in [-0.25, -0.2) is 17.7 Å². The molecule has 0 radical (unpaired) electrons. The fourth-order valence-corrected chi connectivity index (χ4v) is 4.93. The first kappa shape index (κ1) is 21.5. The van der Waals surface area contributed by atoms with E-state index in [0.717, 1.165) is 47.6 Å². The Labute approximate surface area is 177 Å². The summed E-state index contributed by atoms with van der Waals surface area (Å²) in [6, 6.07) is 17.1. The van der Waals surface area contributed by atoms with Crippen molar-refractivity contribution in [3.05, 3.63) is 64.8 Å². The summed E-state index contributed by atoms with van der Waals surface area (Å²) in [6.45, 7) is 3.03. The minimum Gasteiger partial charge on any atom is -0.316 e. The number of hydrogen-bond acceptors (Lipinski definition) is 4. The van der Waals surface area contributed by atoms with Crippen LogP contribution in [0.5, 0.6) is 0 Å². The Morgan fingerprint density at radius 3 is 2.48 bits per heavy atom. The van der Waals surface area contributed by atoms with E-state index >= 15 is 0 Å². The lowest BCUT2D eigenvalue weighted by molar-refractivity contribution is 0.521. The number of para-hydroxylation sites is 1. The number of nitrogens with zero attached hydrogens (tertiary/aromatic N) is 3. The molecule has 0 saturated heterocycles. The summed E-state index contributed by atoms with van der Waals surface area (Å²) in [6.07, 6.45) is 3.34. The highest BCUT2D eigenvalue weighted by Crippen LogP contribution is 2.25. The standard InChI is InChI=1S/C22H27N3O2S2/c1-4-5-9-15-25-21(17-28-22(25)23-19-12-7-6-8-13-19)18-11-10-14-20(16-18)29(26,27)24(2)3/h6-8,10-14,16-17H,4-5,9,15H2,1-3H3. The highest BCUT2D eigenvalue weighted by atomic mass is 32.2. The second kappa shape index (κ2) is 9.52. The molecule has 5 nitrogen and oxygen atoms in total. The molecule has 0 fully saturated rings. The van der Waals surface area contributed by atoms with Crippen LogP contribution in [0.2, 0.25) is 0 Å². The van der Waals surface area contributed by atoms with Gasteiger partial charge in [0.15, 0.2) is 4.80 Å². The van der Waals surface area contributed by atoms with Gasteiger partial charge in [0, 0.05) is 31.6 Å². The maximum atomic E-state index is 12.6. The first-order valence-corrected chi connectivity index (χ1v) is 12.1. The van der Waals surface area contributed by atoms with Gasteiger partial charge in [-0.1, -0.05) is 50.1 Å². The van der Waals surface area contributed by atoms with Gasteiger partial charge in [-0.15, -0.1) is 11.3 Å². The van der Waals surface area contributed by atoms with Gasteiger partial charge in [0.25, 0.3) is 0 Å². The molecule has 3 aromatic rings. The number of benzene rings is 2. The second-order valence-electron chi connectivity index (χ2n) is 7.02. The van der Waals surface area contributed by atoms with Gasteiger partial charge in [-0.2, -0.15) is 0 Å². The van der Waals surface area contributed by atoms with E-state index in [1.54, 1.807) is 43.6 Å². The summed E-state index contributed by atoms with van der Waals surface area (Å²) in [7, 11) is -0.379. The van der Waals surface area contributed by atoms with E-state index < -0.39 is 10.0 Å². The molecule has 0 aliphatic heterocycles. The van der Waals surface area contributed by atoms with Crippen molar-refractivity contribution in [1.82, 2.24) is 8.87 Å². The zero-order chi connectivity index (χ0) is 20.9. The fraction of sp³-hybridized carbons (Fsp3) is 0.318. The van der Waals surface area contributed by atoms with Crippen molar-refractivity contribution in [3.8, 4) is 11.3 Å². The largest absolute Gasteiger partial charge is 0.316 e. The summed E-state index contributed by atoms with van der Waals surface area (Å²) in [5, 5.41) is 2.06. The summed E-state index contributed by atoms with van der Waals surface area (Å²) in [5.41, 5.74) is 2.79. The Morgan fingerprint density at radius 1 is 1.03 bits per heavy atom. The lowest BCUT2D eigenvalue weighted by atomic mass is 10.1. The summed E-state index contributed by atoms with van der Waals surface area (Å²) >= 11 is 1.58. The molecule has 0 unspecified atom stereocenters. The molecule has 0 aliphatic carbocycles. The normalized spacial score (nSPS) is 12.6. The fourth-order valence-electron chi connectivity index (χ4n) is 3.03. The molecule has 7 heteroatoms. The van der Waals surface area contributed by atoms with Crippen LogP contribution >= 0.6 is 11.3 Å². The number of aromatic nitrogens is 1. The average Bonchev–Trinajstić information content (AvgIpc) is 3.11. The van der Waals surface area contributed by atoms with E-state index in [1.807, 2.05) is 36.4 Å². The van der Waals surface area contributed by atoms with Crippen LogP contribution in [0.25, 0.3) is 11.3 Å². The van der Waals surface area contributed by atoms with Crippen LogP contribution < -0.4 is 4.80 Å². The summed E-state index contributed by atoms with van der Waals surface area (Å²) < 4.78 is 28.6. The number of sulfonamides is 1. The summed E-state index contributed by atoms with van der Waals surface area (Å²) in [4.78, 5) is 6.04. The molecule has 2 aromatic carbocycles. The van der Waals surface area contributed by atoms with E-state index in [-0.39, 0.29) is 0 Å². The van der Waals surface area contributed by atoms with Gasteiger partial charge in [0.1, 0.15) is 0 Å².